The number of methoxy groups -OCH3 is 1. The van der Waals surface area contributed by atoms with Crippen molar-refractivity contribution < 1.29 is 14.3 Å². The fourth-order valence-electron chi connectivity index (χ4n) is 3.92. The molecule has 1 fully saturated rings. The Morgan fingerprint density at radius 1 is 1.21 bits per heavy atom. The summed E-state index contributed by atoms with van der Waals surface area (Å²) in [6.07, 6.45) is 3.21. The highest BCUT2D eigenvalue weighted by atomic mass is 16.5. The van der Waals surface area contributed by atoms with Gasteiger partial charge in [-0.2, -0.15) is 5.10 Å². The summed E-state index contributed by atoms with van der Waals surface area (Å²) in [6.45, 7) is 7.82. The smallest absolute Gasteiger partial charge is 0.305 e. The number of carbonyl (C=O) groups excluding carboxylic acids is 2. The predicted molar refractivity (Wildman–Crippen MR) is 108 cm³/mol. The van der Waals surface area contributed by atoms with E-state index in [0.717, 1.165) is 42.1 Å². The second-order valence-corrected chi connectivity index (χ2v) is 7.68. The number of esters is 1. The van der Waals surface area contributed by atoms with Crippen molar-refractivity contribution in [3.05, 3.63) is 46.8 Å². The lowest BCUT2D eigenvalue weighted by Crippen LogP contribution is -2.39. The van der Waals surface area contributed by atoms with Gasteiger partial charge in [0.2, 0.25) is 0 Å². The maximum Gasteiger partial charge on any atom is 0.305 e. The number of amides is 1. The average molecular weight is 383 g/mol. The van der Waals surface area contributed by atoms with Crippen LogP contribution in [0, 0.1) is 19.8 Å². The topological polar surface area (TPSA) is 64.4 Å². The van der Waals surface area contributed by atoms with Crippen molar-refractivity contribution in [1.82, 2.24) is 14.7 Å². The van der Waals surface area contributed by atoms with Gasteiger partial charge in [0.1, 0.15) is 0 Å². The normalized spacial score (nSPS) is 16.9. The highest BCUT2D eigenvalue weighted by Crippen LogP contribution is 2.22. The Morgan fingerprint density at radius 3 is 2.57 bits per heavy atom. The Kier molecular flexibility index (Phi) is 6.17. The van der Waals surface area contributed by atoms with Crippen LogP contribution in [-0.2, 0) is 16.0 Å². The highest BCUT2D eigenvalue weighted by molar-refractivity contribution is 5.94. The van der Waals surface area contributed by atoms with Crippen molar-refractivity contribution in [3.63, 3.8) is 0 Å². The molecule has 1 aromatic carbocycles. The van der Waals surface area contributed by atoms with E-state index in [9.17, 15) is 9.59 Å². The molecule has 0 spiro atoms. The molecule has 6 heteroatoms. The highest BCUT2D eigenvalue weighted by Gasteiger charge is 2.22. The van der Waals surface area contributed by atoms with Gasteiger partial charge in [0.15, 0.2) is 0 Å². The number of hydrogen-bond donors (Lipinski definition) is 0. The van der Waals surface area contributed by atoms with Gasteiger partial charge in [-0.05, 0) is 68.9 Å². The van der Waals surface area contributed by atoms with Crippen molar-refractivity contribution >= 4 is 11.9 Å². The van der Waals surface area contributed by atoms with Crippen LogP contribution in [-0.4, -0.2) is 46.8 Å². The number of hydrogen-bond acceptors (Lipinski definition) is 4. The number of nitrogens with zero attached hydrogens (tertiary/aromatic N) is 3. The van der Waals surface area contributed by atoms with Crippen LogP contribution < -0.4 is 0 Å². The Bertz CT molecular complexity index is 855. The van der Waals surface area contributed by atoms with Gasteiger partial charge < -0.3 is 9.64 Å². The van der Waals surface area contributed by atoms with Gasteiger partial charge in [0.05, 0.1) is 18.5 Å². The van der Waals surface area contributed by atoms with Gasteiger partial charge >= 0.3 is 5.97 Å². The monoisotopic (exact) mass is 383 g/mol. The fourth-order valence-corrected chi connectivity index (χ4v) is 3.92. The first kappa shape index (κ1) is 20.1. The minimum Gasteiger partial charge on any atom is -0.469 e. The van der Waals surface area contributed by atoms with Crippen LogP contribution in [0.2, 0.25) is 0 Å². The summed E-state index contributed by atoms with van der Waals surface area (Å²) >= 11 is 0. The van der Waals surface area contributed by atoms with Gasteiger partial charge in [0, 0.05) is 30.8 Å². The van der Waals surface area contributed by atoms with Crippen LogP contribution in [0.5, 0.6) is 0 Å². The van der Waals surface area contributed by atoms with Crippen LogP contribution in [0.4, 0.5) is 0 Å². The molecule has 0 radical (unpaired) electrons. The first-order chi connectivity index (χ1) is 13.4. The van der Waals surface area contributed by atoms with E-state index >= 15 is 0 Å². The molecular weight excluding hydrogens is 354 g/mol. The molecule has 1 atom stereocenters. The first-order valence-electron chi connectivity index (χ1n) is 9.92. The summed E-state index contributed by atoms with van der Waals surface area (Å²) < 4.78 is 6.61. The average Bonchev–Trinajstić information content (AvgIpc) is 2.99. The van der Waals surface area contributed by atoms with Gasteiger partial charge in [-0.3, -0.25) is 9.59 Å². The van der Waals surface area contributed by atoms with Crippen LogP contribution in [0.25, 0.3) is 5.69 Å². The van der Waals surface area contributed by atoms with Crippen molar-refractivity contribution in [2.24, 2.45) is 5.92 Å². The number of benzene rings is 1. The summed E-state index contributed by atoms with van der Waals surface area (Å²) in [7, 11) is 1.40. The van der Waals surface area contributed by atoms with E-state index in [4.69, 9.17) is 4.74 Å². The SMILES string of the molecule is COC(=O)CCc1c(C)nn(-c2ccc(C(=O)N3CCCC(C)C3)cc2)c1C. The van der Waals surface area contributed by atoms with Crippen LogP contribution in [0.15, 0.2) is 24.3 Å². The molecule has 1 aliphatic rings. The number of aryl methyl sites for hydroxylation is 1. The Balaban J connectivity index is 1.76. The molecule has 28 heavy (non-hydrogen) atoms. The quantitative estimate of drug-likeness (QED) is 0.742. The Labute approximate surface area is 166 Å². The zero-order chi connectivity index (χ0) is 20.3. The molecule has 1 aromatic heterocycles. The molecule has 0 saturated carbocycles. The van der Waals surface area contributed by atoms with E-state index in [-0.39, 0.29) is 11.9 Å². The number of rotatable bonds is 5. The fraction of sp³-hybridized carbons (Fsp3) is 0.500. The maximum absolute atomic E-state index is 12.8. The molecule has 0 bridgehead atoms. The van der Waals surface area contributed by atoms with Gasteiger partial charge in [-0.15, -0.1) is 0 Å². The predicted octanol–water partition coefficient (Wildman–Crippen LogP) is 3.47. The third-order valence-corrected chi connectivity index (χ3v) is 5.55. The van der Waals surface area contributed by atoms with E-state index < -0.39 is 0 Å². The third-order valence-electron chi connectivity index (χ3n) is 5.55. The van der Waals surface area contributed by atoms with Crippen molar-refractivity contribution in [3.8, 4) is 5.69 Å². The summed E-state index contributed by atoms with van der Waals surface area (Å²) in [5.74, 6) is 0.446. The van der Waals surface area contributed by atoms with Crippen LogP contribution >= 0.6 is 0 Å². The first-order valence-corrected chi connectivity index (χ1v) is 9.92. The van der Waals surface area contributed by atoms with Crippen LogP contribution in [0.3, 0.4) is 0 Å². The minimum absolute atomic E-state index is 0.102. The zero-order valence-corrected chi connectivity index (χ0v) is 17.2. The molecule has 1 unspecified atom stereocenters. The van der Waals surface area contributed by atoms with Gasteiger partial charge in [-0.25, -0.2) is 4.68 Å². The van der Waals surface area contributed by atoms with Crippen molar-refractivity contribution in [2.45, 2.75) is 46.5 Å². The zero-order valence-electron chi connectivity index (χ0n) is 17.2. The maximum atomic E-state index is 12.8. The summed E-state index contributed by atoms with van der Waals surface area (Å²) in [4.78, 5) is 26.2. The molecule has 2 heterocycles. The number of aromatic nitrogens is 2. The number of likely N-dealkylation sites (tertiary alicyclic amines) is 1. The Morgan fingerprint density at radius 2 is 1.93 bits per heavy atom. The summed E-state index contributed by atoms with van der Waals surface area (Å²) in [5, 5.41) is 4.63. The van der Waals surface area contributed by atoms with Gasteiger partial charge in [0.25, 0.3) is 5.91 Å². The molecule has 1 amide bonds. The molecule has 6 nitrogen and oxygen atoms in total. The summed E-state index contributed by atoms with van der Waals surface area (Å²) in [5.41, 5.74) is 4.60. The van der Waals surface area contributed by atoms with Crippen molar-refractivity contribution in [2.75, 3.05) is 20.2 Å². The van der Waals surface area contributed by atoms with E-state index in [2.05, 4.69) is 12.0 Å². The number of carbonyl (C=O) groups is 2. The number of ether oxygens (including phenoxy) is 1. The second kappa shape index (κ2) is 8.59. The van der Waals surface area contributed by atoms with Gasteiger partial charge in [-0.1, -0.05) is 6.92 Å². The standard InChI is InChI=1S/C22H29N3O3/c1-15-6-5-13-24(14-15)22(27)18-7-9-19(10-8-18)25-17(3)20(16(2)23-25)11-12-21(26)28-4/h7-10,15H,5-6,11-14H2,1-4H3. The molecule has 0 aliphatic carbocycles. The lowest BCUT2D eigenvalue weighted by Gasteiger charge is -2.31. The minimum atomic E-state index is -0.221. The lowest BCUT2D eigenvalue weighted by molar-refractivity contribution is -0.140. The third kappa shape index (κ3) is 4.26. The molecule has 1 aliphatic heterocycles. The molecule has 0 N–H and O–H groups in total. The van der Waals surface area contributed by atoms with E-state index in [0.29, 0.717) is 24.3 Å². The van der Waals surface area contributed by atoms with Crippen LogP contribution in [0.1, 0.15) is 53.5 Å². The van der Waals surface area contributed by atoms with E-state index in [1.54, 1.807) is 0 Å². The molecule has 150 valence electrons. The summed E-state index contributed by atoms with van der Waals surface area (Å²) in [6, 6.07) is 7.62. The molecular formula is C22H29N3O3. The van der Waals surface area contributed by atoms with E-state index in [1.807, 2.05) is 47.7 Å². The lowest BCUT2D eigenvalue weighted by atomic mass is 9.99. The molecule has 1 saturated heterocycles. The number of piperidine rings is 1. The van der Waals surface area contributed by atoms with E-state index in [1.165, 1.54) is 13.5 Å². The Hall–Kier alpha value is -2.63. The molecule has 2 aromatic rings. The largest absolute Gasteiger partial charge is 0.469 e. The molecule has 3 rings (SSSR count). The second-order valence-electron chi connectivity index (χ2n) is 7.68. The van der Waals surface area contributed by atoms with Crippen molar-refractivity contribution in [1.29, 1.82) is 0 Å².